The molecule has 1 aliphatic heterocycles. The number of carbonyl (C=O) groups is 2. The summed E-state index contributed by atoms with van der Waals surface area (Å²) in [5.74, 6) is 0.0765. The molecule has 6 nitrogen and oxygen atoms in total. The molecular weight excluding hydrogens is 635 g/mol. The highest BCUT2D eigenvalue weighted by Crippen LogP contribution is 2.27. The minimum atomic E-state index is -0.320. The summed E-state index contributed by atoms with van der Waals surface area (Å²) >= 11 is 2.34. The first-order valence-corrected chi connectivity index (χ1v) is 16.4. The van der Waals surface area contributed by atoms with Crippen LogP contribution in [0.1, 0.15) is 54.9 Å². The molecule has 0 spiro atoms. The first-order valence-electron chi connectivity index (χ1n) is 14.9. The topological polar surface area (TPSA) is 73.5 Å². The Morgan fingerprint density at radius 3 is 2.24 bits per heavy atom. The number of hydrogen-bond donors (Lipinski definition) is 3. The molecule has 0 radical (unpaired) electrons. The number of halogens is 1. The lowest BCUT2D eigenvalue weighted by molar-refractivity contribution is -0.133. The fourth-order valence-corrected chi connectivity index (χ4v) is 5.82. The first-order chi connectivity index (χ1) is 20.4. The fourth-order valence-electron chi connectivity index (χ4n) is 5.31. The Morgan fingerprint density at radius 1 is 1.00 bits per heavy atom. The van der Waals surface area contributed by atoms with E-state index in [1.54, 1.807) is 6.08 Å². The smallest absolute Gasteiger partial charge is 0.244 e. The van der Waals surface area contributed by atoms with Crippen LogP contribution in [0.5, 0.6) is 0 Å². The van der Waals surface area contributed by atoms with Gasteiger partial charge >= 0.3 is 0 Å². The van der Waals surface area contributed by atoms with Crippen LogP contribution in [0.15, 0.2) is 91.0 Å². The second-order valence-electron chi connectivity index (χ2n) is 11.2. The molecule has 0 aromatic heterocycles. The summed E-state index contributed by atoms with van der Waals surface area (Å²) in [6, 6.07) is 29.1. The fraction of sp³-hybridized carbons (Fsp3) is 0.371. The number of carbonyl (C=O) groups excluding carboxylic acids is 2. The summed E-state index contributed by atoms with van der Waals surface area (Å²) in [7, 11) is 0. The first kappa shape index (κ1) is 31.9. The lowest BCUT2D eigenvalue weighted by atomic mass is 9.90. The van der Waals surface area contributed by atoms with Crippen molar-refractivity contribution >= 4 is 40.5 Å². The van der Waals surface area contributed by atoms with Crippen LogP contribution in [-0.2, 0) is 14.0 Å². The van der Waals surface area contributed by atoms with E-state index in [2.05, 4.69) is 113 Å². The van der Waals surface area contributed by atoms with Crippen LogP contribution in [0.2, 0.25) is 0 Å². The summed E-state index contributed by atoms with van der Waals surface area (Å²) in [5.41, 5.74) is 4.66. The summed E-state index contributed by atoms with van der Waals surface area (Å²) in [6.45, 7) is 6.68. The van der Waals surface area contributed by atoms with Crippen LogP contribution < -0.4 is 16.0 Å². The highest BCUT2D eigenvalue weighted by Gasteiger charge is 2.32. The summed E-state index contributed by atoms with van der Waals surface area (Å²) < 4.78 is 0.963. The molecule has 1 heterocycles. The molecular formula is C35H43IN4O2. The molecule has 1 fully saturated rings. The third-order valence-electron chi connectivity index (χ3n) is 7.67. The molecule has 0 unspecified atom stereocenters. The third kappa shape index (κ3) is 9.78. The van der Waals surface area contributed by atoms with Crippen molar-refractivity contribution < 1.29 is 9.59 Å². The molecule has 3 N–H and O–H groups in total. The number of alkyl halides is 1. The van der Waals surface area contributed by atoms with Crippen molar-refractivity contribution in [1.29, 1.82) is 0 Å². The van der Waals surface area contributed by atoms with Crippen molar-refractivity contribution in [3.63, 3.8) is 0 Å². The molecule has 1 saturated heterocycles. The minimum absolute atomic E-state index is 0.00446. The highest BCUT2D eigenvalue weighted by molar-refractivity contribution is 14.1. The van der Waals surface area contributed by atoms with E-state index in [4.69, 9.17) is 0 Å². The standard InChI is InChI=1S/C35H43IN4O2/c1-26(2)37-21-19-33-35(42)40(25-32(29-9-5-3-6-10-29)30-11-7-4-8-12-30)22-20-31(39-33)24-38-34(41)18-17-27-13-15-28(23-36)16-14-27/h3-18,26,31-33,37,39H,19-25H2,1-2H3,(H,38,41)/b18-17+/t31-,33-/m0/s1. The number of benzene rings is 3. The molecule has 2 amide bonds. The van der Waals surface area contributed by atoms with E-state index in [0.29, 0.717) is 32.1 Å². The van der Waals surface area contributed by atoms with Gasteiger partial charge < -0.3 is 20.9 Å². The van der Waals surface area contributed by atoms with Gasteiger partial charge in [0.25, 0.3) is 0 Å². The largest absolute Gasteiger partial charge is 0.351 e. The van der Waals surface area contributed by atoms with E-state index in [-0.39, 0.29) is 29.8 Å². The van der Waals surface area contributed by atoms with Gasteiger partial charge in [-0.05, 0) is 47.7 Å². The van der Waals surface area contributed by atoms with E-state index >= 15 is 0 Å². The monoisotopic (exact) mass is 678 g/mol. The maximum atomic E-state index is 13.9. The Bertz CT molecular complexity index is 1240. The zero-order valence-electron chi connectivity index (χ0n) is 24.6. The van der Waals surface area contributed by atoms with Crippen LogP contribution >= 0.6 is 22.6 Å². The second kappa shape index (κ2) is 16.6. The Labute approximate surface area is 264 Å². The van der Waals surface area contributed by atoms with Crippen LogP contribution in [0.25, 0.3) is 6.08 Å². The molecule has 3 aromatic rings. The quantitative estimate of drug-likeness (QED) is 0.126. The number of nitrogens with zero attached hydrogens (tertiary/aromatic N) is 1. The van der Waals surface area contributed by atoms with Gasteiger partial charge in [-0.25, -0.2) is 0 Å². The van der Waals surface area contributed by atoms with E-state index in [1.807, 2.05) is 35.2 Å². The maximum Gasteiger partial charge on any atom is 0.244 e. The summed E-state index contributed by atoms with van der Waals surface area (Å²) in [5, 5.41) is 10.1. The lowest BCUT2D eigenvalue weighted by Gasteiger charge is -2.29. The van der Waals surface area contributed by atoms with E-state index in [1.165, 1.54) is 16.7 Å². The van der Waals surface area contributed by atoms with E-state index in [0.717, 1.165) is 23.0 Å². The zero-order valence-corrected chi connectivity index (χ0v) is 26.8. The number of hydrogen-bond acceptors (Lipinski definition) is 4. The Morgan fingerprint density at radius 2 is 1.64 bits per heavy atom. The van der Waals surface area contributed by atoms with Gasteiger partial charge in [-0.15, -0.1) is 0 Å². The SMILES string of the molecule is CC(C)NCC[C@@H]1N[C@H](CNC(=O)/C=C/c2ccc(CI)cc2)CCN(CC(c2ccccc2)c2ccccc2)C1=O. The van der Waals surface area contributed by atoms with Crippen molar-refractivity contribution in [2.75, 3.05) is 26.2 Å². The third-order valence-corrected chi connectivity index (χ3v) is 8.55. The van der Waals surface area contributed by atoms with Gasteiger partial charge in [-0.3, -0.25) is 9.59 Å². The van der Waals surface area contributed by atoms with Gasteiger partial charge in [0.15, 0.2) is 0 Å². The van der Waals surface area contributed by atoms with E-state index in [9.17, 15) is 9.59 Å². The number of nitrogens with one attached hydrogen (secondary N) is 3. The Kier molecular flexibility index (Phi) is 12.6. The van der Waals surface area contributed by atoms with Crippen molar-refractivity contribution in [1.82, 2.24) is 20.9 Å². The molecule has 0 saturated carbocycles. The normalized spacial score (nSPS) is 17.6. The van der Waals surface area contributed by atoms with Gasteiger partial charge in [-0.2, -0.15) is 0 Å². The molecule has 0 bridgehead atoms. The highest BCUT2D eigenvalue weighted by atomic mass is 127. The van der Waals surface area contributed by atoms with Crippen molar-refractivity contribution in [2.24, 2.45) is 0 Å². The molecule has 0 aliphatic carbocycles. The Balaban J connectivity index is 1.44. The predicted octanol–water partition coefficient (Wildman–Crippen LogP) is 5.53. The van der Waals surface area contributed by atoms with Gasteiger partial charge in [0.05, 0.1) is 6.04 Å². The zero-order chi connectivity index (χ0) is 29.7. The van der Waals surface area contributed by atoms with Gasteiger partial charge in [0.1, 0.15) is 0 Å². The minimum Gasteiger partial charge on any atom is -0.351 e. The van der Waals surface area contributed by atoms with Crippen LogP contribution in [-0.4, -0.2) is 61.0 Å². The Hall–Kier alpha value is -3.01. The summed E-state index contributed by atoms with van der Waals surface area (Å²) in [4.78, 5) is 28.6. The molecule has 42 heavy (non-hydrogen) atoms. The maximum absolute atomic E-state index is 13.9. The number of rotatable bonds is 13. The van der Waals surface area contributed by atoms with Crippen LogP contribution in [0, 0.1) is 0 Å². The lowest BCUT2D eigenvalue weighted by Crippen LogP contribution is -2.50. The number of amides is 2. The van der Waals surface area contributed by atoms with Gasteiger partial charge in [0.2, 0.25) is 11.8 Å². The van der Waals surface area contributed by atoms with Crippen molar-refractivity contribution in [3.8, 4) is 0 Å². The summed E-state index contributed by atoms with van der Waals surface area (Å²) in [6.07, 6.45) is 4.87. The molecule has 1 aliphatic rings. The van der Waals surface area contributed by atoms with Crippen LogP contribution in [0.3, 0.4) is 0 Å². The van der Waals surface area contributed by atoms with E-state index < -0.39 is 0 Å². The molecule has 222 valence electrons. The molecule has 4 rings (SSSR count). The molecule has 2 atom stereocenters. The van der Waals surface area contributed by atoms with Gasteiger partial charge in [-0.1, -0.05) is 121 Å². The second-order valence-corrected chi connectivity index (χ2v) is 12.0. The average molecular weight is 679 g/mol. The van der Waals surface area contributed by atoms with Crippen LogP contribution in [0.4, 0.5) is 0 Å². The molecule has 3 aromatic carbocycles. The van der Waals surface area contributed by atoms with Crippen molar-refractivity contribution in [2.45, 2.75) is 55.2 Å². The molecule has 7 heteroatoms. The van der Waals surface area contributed by atoms with Crippen molar-refractivity contribution in [3.05, 3.63) is 113 Å². The average Bonchev–Trinajstić information content (AvgIpc) is 3.16. The predicted molar refractivity (Wildman–Crippen MR) is 181 cm³/mol. The van der Waals surface area contributed by atoms with Gasteiger partial charge in [0, 0.05) is 48.1 Å².